The van der Waals surface area contributed by atoms with E-state index in [1.807, 2.05) is 47.4 Å². The highest BCUT2D eigenvalue weighted by Crippen LogP contribution is 2.25. The molecule has 0 spiro atoms. The summed E-state index contributed by atoms with van der Waals surface area (Å²) >= 11 is 1.35. The molecule has 3 aromatic carbocycles. The Bertz CT molecular complexity index is 1420. The Morgan fingerprint density at radius 3 is 2.32 bits per heavy atom. The summed E-state index contributed by atoms with van der Waals surface area (Å²) in [4.78, 5) is 33.4. The average Bonchev–Trinajstić information content (AvgIpc) is 2.93. The molecule has 0 unspecified atom stereocenters. The van der Waals surface area contributed by atoms with Crippen molar-refractivity contribution in [2.75, 3.05) is 18.8 Å². The van der Waals surface area contributed by atoms with Gasteiger partial charge < -0.3 is 4.90 Å². The first-order valence-electron chi connectivity index (χ1n) is 13.1. The number of nitrogens with zero attached hydrogens (tertiary/aromatic N) is 3. The first-order chi connectivity index (χ1) is 18.0. The Morgan fingerprint density at radius 1 is 0.946 bits per heavy atom. The predicted octanol–water partition coefficient (Wildman–Crippen LogP) is 6.08. The monoisotopic (exact) mass is 511 g/mol. The maximum Gasteiger partial charge on any atom is 0.266 e. The number of para-hydroxylation sites is 1. The van der Waals surface area contributed by atoms with E-state index in [0.717, 1.165) is 38.0 Å². The molecule has 0 bridgehead atoms. The second kappa shape index (κ2) is 11.3. The first-order valence-corrected chi connectivity index (χ1v) is 14.0. The lowest BCUT2D eigenvalue weighted by Crippen LogP contribution is -2.40. The summed E-state index contributed by atoms with van der Waals surface area (Å²) in [6, 6.07) is 26.0. The predicted molar refractivity (Wildman–Crippen MR) is 152 cm³/mol. The average molecular weight is 512 g/mol. The number of hydrogen-bond donors (Lipinski definition) is 0. The van der Waals surface area contributed by atoms with Crippen molar-refractivity contribution < 1.29 is 4.79 Å². The summed E-state index contributed by atoms with van der Waals surface area (Å²) in [7, 11) is 0. The number of benzene rings is 3. The third-order valence-electron chi connectivity index (χ3n) is 7.22. The smallest absolute Gasteiger partial charge is 0.266 e. The highest BCUT2D eigenvalue weighted by atomic mass is 32.2. The van der Waals surface area contributed by atoms with Crippen LogP contribution in [0.1, 0.15) is 43.7 Å². The molecule has 0 aliphatic carbocycles. The molecule has 1 aliphatic heterocycles. The van der Waals surface area contributed by atoms with Crippen molar-refractivity contribution in [1.82, 2.24) is 14.5 Å². The third kappa shape index (κ3) is 5.80. The summed E-state index contributed by atoms with van der Waals surface area (Å²) in [5.74, 6) is 1.38. The molecule has 1 saturated heterocycles. The van der Waals surface area contributed by atoms with E-state index in [1.54, 1.807) is 4.57 Å². The largest absolute Gasteiger partial charge is 0.342 e. The SMILES string of the molecule is CC(C)c1ccc(-n2c(SCC(=O)N3CCC(Cc4ccccc4)CC3)nc3ccccc3c2=O)cc1. The fourth-order valence-corrected chi connectivity index (χ4v) is 5.91. The molecule has 6 heteroatoms. The van der Waals surface area contributed by atoms with Gasteiger partial charge in [0.05, 0.1) is 22.3 Å². The van der Waals surface area contributed by atoms with Gasteiger partial charge in [0, 0.05) is 13.1 Å². The second-order valence-corrected chi connectivity index (χ2v) is 11.0. The van der Waals surface area contributed by atoms with E-state index < -0.39 is 0 Å². The van der Waals surface area contributed by atoms with E-state index in [-0.39, 0.29) is 17.2 Å². The molecule has 1 aliphatic rings. The highest BCUT2D eigenvalue weighted by Gasteiger charge is 2.24. The Kier molecular flexibility index (Phi) is 7.75. The number of amides is 1. The molecule has 2 heterocycles. The van der Waals surface area contributed by atoms with Gasteiger partial charge in [-0.05, 0) is 66.5 Å². The Morgan fingerprint density at radius 2 is 1.62 bits per heavy atom. The lowest BCUT2D eigenvalue weighted by molar-refractivity contribution is -0.129. The van der Waals surface area contributed by atoms with Crippen LogP contribution in [0.3, 0.4) is 0 Å². The van der Waals surface area contributed by atoms with Crippen molar-refractivity contribution in [3.8, 4) is 5.69 Å². The minimum atomic E-state index is -0.112. The number of fused-ring (bicyclic) bond motifs is 1. The number of thioether (sulfide) groups is 1. The van der Waals surface area contributed by atoms with Crippen LogP contribution in [-0.4, -0.2) is 39.2 Å². The number of piperidine rings is 1. The van der Waals surface area contributed by atoms with Gasteiger partial charge in [0.2, 0.25) is 5.91 Å². The molecule has 0 radical (unpaired) electrons. The first kappa shape index (κ1) is 25.3. The van der Waals surface area contributed by atoms with Crippen molar-refractivity contribution in [3.63, 3.8) is 0 Å². The van der Waals surface area contributed by atoms with E-state index in [0.29, 0.717) is 27.9 Å². The van der Waals surface area contributed by atoms with E-state index in [4.69, 9.17) is 4.98 Å². The molecule has 190 valence electrons. The van der Waals surface area contributed by atoms with E-state index in [1.165, 1.54) is 22.9 Å². The van der Waals surface area contributed by atoms with Crippen LogP contribution in [-0.2, 0) is 11.2 Å². The van der Waals surface area contributed by atoms with Crippen molar-refractivity contribution in [3.05, 3.63) is 100 Å². The van der Waals surface area contributed by atoms with Gasteiger partial charge in [-0.2, -0.15) is 0 Å². The molecule has 5 rings (SSSR count). The molecule has 0 N–H and O–H groups in total. The number of carbonyl (C=O) groups excluding carboxylic acids is 1. The third-order valence-corrected chi connectivity index (χ3v) is 8.15. The van der Waals surface area contributed by atoms with Crippen LogP contribution >= 0.6 is 11.8 Å². The van der Waals surface area contributed by atoms with Crippen LogP contribution in [0, 0.1) is 5.92 Å². The molecular weight excluding hydrogens is 478 g/mol. The quantitative estimate of drug-likeness (QED) is 0.223. The molecule has 37 heavy (non-hydrogen) atoms. The van der Waals surface area contributed by atoms with Gasteiger partial charge in [-0.25, -0.2) is 4.98 Å². The highest BCUT2D eigenvalue weighted by molar-refractivity contribution is 7.99. The summed E-state index contributed by atoms with van der Waals surface area (Å²) in [6.45, 7) is 5.86. The standard InChI is InChI=1S/C31H33N3O2S/c1-22(2)25-12-14-26(15-13-25)34-30(36)27-10-6-7-11-28(27)32-31(34)37-21-29(35)33-18-16-24(17-19-33)20-23-8-4-3-5-9-23/h3-15,22,24H,16-21H2,1-2H3. The normalized spacial score (nSPS) is 14.4. The number of hydrogen-bond acceptors (Lipinski definition) is 4. The summed E-state index contributed by atoms with van der Waals surface area (Å²) in [5.41, 5.74) is 3.89. The molecule has 5 nitrogen and oxygen atoms in total. The number of aromatic nitrogens is 2. The summed E-state index contributed by atoms with van der Waals surface area (Å²) in [6.07, 6.45) is 3.11. The Labute approximate surface area is 222 Å². The van der Waals surface area contributed by atoms with Gasteiger partial charge in [-0.1, -0.05) is 80.2 Å². The van der Waals surface area contributed by atoms with Crippen molar-refractivity contribution >= 4 is 28.6 Å². The van der Waals surface area contributed by atoms with Crippen LogP contribution in [0.5, 0.6) is 0 Å². The minimum absolute atomic E-state index is 0.104. The van der Waals surface area contributed by atoms with Crippen LogP contribution in [0.4, 0.5) is 0 Å². The van der Waals surface area contributed by atoms with Gasteiger partial charge in [0.25, 0.3) is 5.56 Å². The van der Waals surface area contributed by atoms with Gasteiger partial charge in [0.15, 0.2) is 5.16 Å². The fraction of sp³-hybridized carbons (Fsp3) is 0.323. The van der Waals surface area contributed by atoms with E-state index in [2.05, 4.69) is 50.2 Å². The van der Waals surface area contributed by atoms with Gasteiger partial charge >= 0.3 is 0 Å². The molecule has 1 aromatic heterocycles. The maximum absolute atomic E-state index is 13.5. The molecule has 0 saturated carbocycles. The van der Waals surface area contributed by atoms with E-state index >= 15 is 0 Å². The van der Waals surface area contributed by atoms with Crippen LogP contribution in [0.15, 0.2) is 88.8 Å². The zero-order valence-corrected chi connectivity index (χ0v) is 22.3. The van der Waals surface area contributed by atoms with Crippen molar-refractivity contribution in [2.45, 2.75) is 44.2 Å². The lowest BCUT2D eigenvalue weighted by Gasteiger charge is -2.32. The molecule has 1 amide bonds. The van der Waals surface area contributed by atoms with E-state index in [9.17, 15) is 9.59 Å². The fourth-order valence-electron chi connectivity index (χ4n) is 5.00. The van der Waals surface area contributed by atoms with Crippen LogP contribution in [0.25, 0.3) is 16.6 Å². The second-order valence-electron chi connectivity index (χ2n) is 10.1. The van der Waals surface area contributed by atoms with Crippen molar-refractivity contribution in [1.29, 1.82) is 0 Å². The lowest BCUT2D eigenvalue weighted by atomic mass is 9.90. The zero-order chi connectivity index (χ0) is 25.8. The molecule has 0 atom stereocenters. The van der Waals surface area contributed by atoms with Gasteiger partial charge in [-0.3, -0.25) is 14.2 Å². The van der Waals surface area contributed by atoms with Crippen LogP contribution < -0.4 is 5.56 Å². The molecular formula is C31H33N3O2S. The Hall–Kier alpha value is -3.38. The summed E-state index contributed by atoms with van der Waals surface area (Å²) < 4.78 is 1.65. The Balaban J connectivity index is 1.31. The number of rotatable bonds is 7. The summed E-state index contributed by atoms with van der Waals surface area (Å²) in [5, 5.41) is 1.12. The van der Waals surface area contributed by atoms with Gasteiger partial charge in [0.1, 0.15) is 0 Å². The maximum atomic E-state index is 13.5. The molecule has 4 aromatic rings. The number of carbonyl (C=O) groups is 1. The molecule has 1 fully saturated rings. The minimum Gasteiger partial charge on any atom is -0.342 e. The zero-order valence-electron chi connectivity index (χ0n) is 21.5. The van der Waals surface area contributed by atoms with Crippen LogP contribution in [0.2, 0.25) is 0 Å². The topological polar surface area (TPSA) is 55.2 Å². The van der Waals surface area contributed by atoms with Crippen molar-refractivity contribution in [2.24, 2.45) is 5.92 Å². The number of likely N-dealkylation sites (tertiary alicyclic amines) is 1. The van der Waals surface area contributed by atoms with Gasteiger partial charge in [-0.15, -0.1) is 0 Å².